The van der Waals surface area contributed by atoms with E-state index < -0.39 is 23.7 Å². The van der Waals surface area contributed by atoms with Gasteiger partial charge in [-0.2, -0.15) is 0 Å². The first-order valence-corrected chi connectivity index (χ1v) is 9.16. The third-order valence-electron chi connectivity index (χ3n) is 4.78. The molecule has 0 N–H and O–H groups in total. The largest absolute Gasteiger partial charge is 0.352 e. The Morgan fingerprint density at radius 2 is 1.50 bits per heavy atom. The summed E-state index contributed by atoms with van der Waals surface area (Å²) in [7, 11) is 0. The second kappa shape index (κ2) is 9.17. The highest BCUT2D eigenvalue weighted by atomic mass is 19.2. The summed E-state index contributed by atoms with van der Waals surface area (Å²) in [4.78, 5) is 0. The summed E-state index contributed by atoms with van der Waals surface area (Å²) in [5, 5.41) is 0. The molecule has 1 aromatic rings. The molecule has 2 heterocycles. The summed E-state index contributed by atoms with van der Waals surface area (Å²) in [6, 6.07) is 2.00. The molecule has 26 heavy (non-hydrogen) atoms. The van der Waals surface area contributed by atoms with Crippen molar-refractivity contribution in [3.05, 3.63) is 35.1 Å². The second-order valence-electron chi connectivity index (χ2n) is 6.96. The molecule has 0 amide bonds. The van der Waals surface area contributed by atoms with Gasteiger partial charge in [-0.1, -0.05) is 13.3 Å². The molecule has 0 radical (unpaired) electrons. The Kier molecular flexibility index (Phi) is 6.92. The Labute approximate surface area is 151 Å². The zero-order valence-electron chi connectivity index (χ0n) is 14.9. The van der Waals surface area contributed by atoms with Gasteiger partial charge in [0.1, 0.15) is 0 Å². The Bertz CT molecular complexity index is 559. The van der Waals surface area contributed by atoms with E-state index >= 15 is 0 Å². The molecule has 0 aliphatic carbocycles. The van der Waals surface area contributed by atoms with Gasteiger partial charge < -0.3 is 18.9 Å². The monoisotopic (exact) mass is 374 g/mol. The van der Waals surface area contributed by atoms with Crippen LogP contribution in [0.3, 0.4) is 0 Å². The van der Waals surface area contributed by atoms with Crippen molar-refractivity contribution in [2.24, 2.45) is 11.8 Å². The molecule has 4 nitrogen and oxygen atoms in total. The molecule has 2 aliphatic heterocycles. The highest BCUT2D eigenvalue weighted by Crippen LogP contribution is 2.25. The van der Waals surface area contributed by atoms with E-state index in [-0.39, 0.29) is 12.2 Å². The SMILES string of the molecule is CCCC1COC(C2COC(CCc3cc(F)c(F)c(F)c3)OC2)OC1. The minimum atomic E-state index is -1.45. The number of hydrogen-bond donors (Lipinski definition) is 0. The van der Waals surface area contributed by atoms with E-state index in [1.165, 1.54) is 0 Å². The van der Waals surface area contributed by atoms with Gasteiger partial charge in [0.05, 0.1) is 32.3 Å². The molecule has 146 valence electrons. The molecule has 0 spiro atoms. The average Bonchev–Trinajstić information content (AvgIpc) is 2.66. The fraction of sp³-hybridized carbons (Fsp3) is 0.684. The first-order valence-electron chi connectivity index (χ1n) is 9.16. The number of ether oxygens (including phenoxy) is 4. The maximum atomic E-state index is 13.2. The first-order chi connectivity index (χ1) is 12.6. The second-order valence-corrected chi connectivity index (χ2v) is 6.96. The lowest BCUT2D eigenvalue weighted by Crippen LogP contribution is -2.44. The highest BCUT2D eigenvalue weighted by Gasteiger charge is 2.33. The zero-order valence-corrected chi connectivity index (χ0v) is 14.9. The molecule has 0 bridgehead atoms. The van der Waals surface area contributed by atoms with Crippen LogP contribution in [-0.2, 0) is 25.4 Å². The number of halogens is 3. The van der Waals surface area contributed by atoms with Crippen molar-refractivity contribution in [1.29, 1.82) is 0 Å². The lowest BCUT2D eigenvalue weighted by Gasteiger charge is -2.37. The molecule has 2 fully saturated rings. The normalized spacial score (nSPS) is 29.7. The smallest absolute Gasteiger partial charge is 0.194 e. The van der Waals surface area contributed by atoms with E-state index in [0.717, 1.165) is 25.0 Å². The lowest BCUT2D eigenvalue weighted by molar-refractivity contribution is -0.281. The third kappa shape index (κ3) is 4.97. The number of benzene rings is 1. The number of aryl methyl sites for hydroxylation is 1. The maximum absolute atomic E-state index is 13.2. The molecule has 2 aliphatic rings. The summed E-state index contributed by atoms with van der Waals surface area (Å²) in [5.41, 5.74) is 0.372. The van der Waals surface area contributed by atoms with Crippen molar-refractivity contribution in [1.82, 2.24) is 0 Å². The molecule has 2 saturated heterocycles. The summed E-state index contributed by atoms with van der Waals surface area (Å²) in [5.74, 6) is -3.35. The van der Waals surface area contributed by atoms with E-state index in [9.17, 15) is 13.2 Å². The quantitative estimate of drug-likeness (QED) is 0.710. The van der Waals surface area contributed by atoms with Crippen LogP contribution in [0.15, 0.2) is 12.1 Å². The predicted octanol–water partition coefficient (Wildman–Crippen LogP) is 3.81. The van der Waals surface area contributed by atoms with Crippen LogP contribution in [-0.4, -0.2) is 39.0 Å². The first kappa shape index (κ1) is 19.6. The number of rotatable bonds is 6. The van der Waals surface area contributed by atoms with E-state index in [4.69, 9.17) is 18.9 Å². The molecule has 0 aromatic heterocycles. The van der Waals surface area contributed by atoms with Crippen molar-refractivity contribution < 1.29 is 32.1 Å². The van der Waals surface area contributed by atoms with Crippen molar-refractivity contribution in [2.45, 2.75) is 45.2 Å². The van der Waals surface area contributed by atoms with Gasteiger partial charge in [0.15, 0.2) is 30.0 Å². The van der Waals surface area contributed by atoms with Crippen LogP contribution in [0.5, 0.6) is 0 Å². The highest BCUT2D eigenvalue weighted by molar-refractivity contribution is 5.19. The van der Waals surface area contributed by atoms with Crippen molar-refractivity contribution in [2.75, 3.05) is 26.4 Å². The fourth-order valence-electron chi connectivity index (χ4n) is 3.32. The van der Waals surface area contributed by atoms with Crippen LogP contribution in [0.25, 0.3) is 0 Å². The Morgan fingerprint density at radius 3 is 2.08 bits per heavy atom. The van der Waals surface area contributed by atoms with Gasteiger partial charge in [0.25, 0.3) is 0 Å². The van der Waals surface area contributed by atoms with Crippen molar-refractivity contribution in [3.8, 4) is 0 Å². The minimum Gasteiger partial charge on any atom is -0.352 e. The van der Waals surface area contributed by atoms with Gasteiger partial charge in [-0.3, -0.25) is 0 Å². The predicted molar refractivity (Wildman–Crippen MR) is 87.9 cm³/mol. The van der Waals surface area contributed by atoms with Crippen molar-refractivity contribution in [3.63, 3.8) is 0 Å². The topological polar surface area (TPSA) is 36.9 Å². The van der Waals surface area contributed by atoms with Gasteiger partial charge in [-0.05, 0) is 30.5 Å². The zero-order chi connectivity index (χ0) is 18.5. The average molecular weight is 374 g/mol. The minimum absolute atomic E-state index is 0.00883. The van der Waals surface area contributed by atoms with E-state index in [0.29, 0.717) is 50.8 Å². The molecule has 0 atom stereocenters. The summed E-state index contributed by atoms with van der Waals surface area (Å²) in [6.45, 7) is 4.42. The third-order valence-corrected chi connectivity index (χ3v) is 4.78. The molecular formula is C19H25F3O4. The molecule has 3 rings (SSSR count). The van der Waals surface area contributed by atoms with E-state index in [1.807, 2.05) is 0 Å². The van der Waals surface area contributed by atoms with Crippen LogP contribution < -0.4 is 0 Å². The molecule has 1 aromatic carbocycles. The van der Waals surface area contributed by atoms with E-state index in [1.54, 1.807) is 0 Å². The van der Waals surface area contributed by atoms with Crippen LogP contribution in [0, 0.1) is 29.3 Å². The van der Waals surface area contributed by atoms with E-state index in [2.05, 4.69) is 6.92 Å². The molecule has 7 heteroatoms. The molecule has 0 saturated carbocycles. The fourth-order valence-corrected chi connectivity index (χ4v) is 3.32. The number of hydrogen-bond acceptors (Lipinski definition) is 4. The van der Waals surface area contributed by atoms with Gasteiger partial charge in [-0.15, -0.1) is 0 Å². The Balaban J connectivity index is 1.40. The van der Waals surface area contributed by atoms with Gasteiger partial charge in [0.2, 0.25) is 0 Å². The van der Waals surface area contributed by atoms with Gasteiger partial charge >= 0.3 is 0 Å². The molecule has 0 unspecified atom stereocenters. The lowest BCUT2D eigenvalue weighted by atomic mass is 10.0. The summed E-state index contributed by atoms with van der Waals surface area (Å²) in [6.07, 6.45) is 2.20. The Morgan fingerprint density at radius 1 is 0.885 bits per heavy atom. The summed E-state index contributed by atoms with van der Waals surface area (Å²) < 4.78 is 62.4. The summed E-state index contributed by atoms with van der Waals surface area (Å²) >= 11 is 0. The van der Waals surface area contributed by atoms with Crippen LogP contribution in [0.4, 0.5) is 13.2 Å². The van der Waals surface area contributed by atoms with Crippen LogP contribution in [0.1, 0.15) is 31.7 Å². The van der Waals surface area contributed by atoms with Crippen LogP contribution in [0.2, 0.25) is 0 Å². The standard InChI is InChI=1S/C19H25F3O4/c1-2-3-13-8-25-19(26-9-13)14-10-23-17(24-11-14)5-4-12-6-15(20)18(22)16(21)7-12/h6-7,13-14,17,19H,2-5,8-11H2,1H3. The Hall–Kier alpha value is -1.15. The maximum Gasteiger partial charge on any atom is 0.194 e. The van der Waals surface area contributed by atoms with Gasteiger partial charge in [-0.25, -0.2) is 13.2 Å². The van der Waals surface area contributed by atoms with Crippen molar-refractivity contribution >= 4 is 0 Å². The molecular weight excluding hydrogens is 349 g/mol. The van der Waals surface area contributed by atoms with Crippen LogP contribution >= 0.6 is 0 Å². The van der Waals surface area contributed by atoms with Gasteiger partial charge in [0, 0.05) is 12.3 Å².